The highest BCUT2D eigenvalue weighted by Crippen LogP contribution is 2.28. The van der Waals surface area contributed by atoms with Crippen molar-refractivity contribution in [3.63, 3.8) is 0 Å². The highest BCUT2D eigenvalue weighted by Gasteiger charge is 2.13. The summed E-state index contributed by atoms with van der Waals surface area (Å²) in [4.78, 5) is 11.5. The van der Waals surface area contributed by atoms with Gasteiger partial charge in [-0.1, -0.05) is 65.7 Å². The molecule has 0 bridgehead atoms. The van der Waals surface area contributed by atoms with Gasteiger partial charge in [-0.05, 0) is 53.6 Å². The van der Waals surface area contributed by atoms with Crippen molar-refractivity contribution in [3.05, 3.63) is 124 Å². The molecular weight excluding hydrogens is 561 g/mol. The summed E-state index contributed by atoms with van der Waals surface area (Å²) < 4.78 is 19.8. The molecule has 0 aliphatic rings. The molecule has 0 saturated heterocycles. The fourth-order valence-electron chi connectivity index (χ4n) is 4.55. The molecule has 0 spiro atoms. The molecule has 1 N–H and O–H groups in total. The van der Waals surface area contributed by atoms with E-state index in [2.05, 4.69) is 16.7 Å². The average Bonchev–Trinajstić information content (AvgIpc) is 3.28. The first-order valence-corrected chi connectivity index (χ1v) is 14.0. The van der Waals surface area contributed by atoms with Crippen LogP contribution in [-0.4, -0.2) is 28.9 Å². The maximum absolute atomic E-state index is 11.5. The topological polar surface area (TPSA) is 69.9 Å². The Kier molecular flexibility index (Phi) is 9.34. The van der Waals surface area contributed by atoms with Crippen LogP contribution in [0.4, 0.5) is 0 Å². The number of nitrogens with zero attached hydrogens (tertiary/aromatic N) is 1. The van der Waals surface area contributed by atoms with Gasteiger partial charge in [-0.3, -0.25) is 4.79 Å². The zero-order valence-electron chi connectivity index (χ0n) is 22.3. The van der Waals surface area contributed by atoms with Gasteiger partial charge < -0.3 is 23.9 Å². The van der Waals surface area contributed by atoms with E-state index < -0.39 is 5.97 Å². The number of aromatic nitrogens is 1. The predicted octanol–water partition coefficient (Wildman–Crippen LogP) is 8.05. The van der Waals surface area contributed by atoms with Crippen LogP contribution in [0.15, 0.2) is 97.2 Å². The first-order chi connectivity index (χ1) is 19.9. The van der Waals surface area contributed by atoms with E-state index in [-0.39, 0.29) is 6.42 Å². The second kappa shape index (κ2) is 13.5. The van der Waals surface area contributed by atoms with Gasteiger partial charge in [-0.25, -0.2) is 0 Å². The molecule has 0 atom stereocenters. The molecule has 0 radical (unpaired) electrons. The molecule has 0 aliphatic carbocycles. The van der Waals surface area contributed by atoms with Gasteiger partial charge in [0, 0.05) is 51.7 Å². The summed E-state index contributed by atoms with van der Waals surface area (Å²) in [6.45, 7) is 1.90. The number of hydrogen-bond acceptors (Lipinski definition) is 4. The lowest BCUT2D eigenvalue weighted by Gasteiger charge is -2.11. The van der Waals surface area contributed by atoms with Gasteiger partial charge in [0.25, 0.3) is 0 Å². The van der Waals surface area contributed by atoms with Gasteiger partial charge in [0.1, 0.15) is 23.9 Å². The first-order valence-electron chi connectivity index (χ1n) is 13.2. The first kappa shape index (κ1) is 28.4. The molecule has 0 amide bonds. The third-order valence-electron chi connectivity index (χ3n) is 6.51. The zero-order chi connectivity index (χ0) is 28.6. The van der Waals surface area contributed by atoms with Crippen molar-refractivity contribution in [1.29, 1.82) is 0 Å². The smallest absolute Gasteiger partial charge is 0.307 e. The van der Waals surface area contributed by atoms with Crippen LogP contribution in [-0.2, 0) is 24.4 Å². The lowest BCUT2D eigenvalue weighted by molar-refractivity contribution is -0.136. The maximum Gasteiger partial charge on any atom is 0.307 e. The molecular formula is C33H29Cl2NO5. The third kappa shape index (κ3) is 7.75. The van der Waals surface area contributed by atoms with E-state index in [1.54, 1.807) is 12.1 Å². The summed E-state index contributed by atoms with van der Waals surface area (Å²) >= 11 is 12.2. The van der Waals surface area contributed by atoms with Gasteiger partial charge in [0.15, 0.2) is 0 Å². The summed E-state index contributed by atoms with van der Waals surface area (Å²) in [7, 11) is 0. The Balaban J connectivity index is 1.14. The molecule has 0 unspecified atom stereocenters. The number of carboxylic acids is 1. The largest absolute Gasteiger partial charge is 0.493 e. The van der Waals surface area contributed by atoms with Crippen LogP contribution in [0.5, 0.6) is 17.2 Å². The van der Waals surface area contributed by atoms with Crippen molar-refractivity contribution in [2.45, 2.75) is 26.0 Å². The summed E-state index contributed by atoms with van der Waals surface area (Å²) in [5, 5.41) is 11.5. The number of rotatable bonds is 13. The summed E-state index contributed by atoms with van der Waals surface area (Å²) in [6, 6.07) is 28.7. The van der Waals surface area contributed by atoms with E-state index in [1.807, 2.05) is 72.9 Å². The van der Waals surface area contributed by atoms with E-state index in [4.69, 9.17) is 37.4 Å². The molecule has 4 aromatic carbocycles. The van der Waals surface area contributed by atoms with Gasteiger partial charge in [-0.2, -0.15) is 0 Å². The Morgan fingerprint density at radius 1 is 0.756 bits per heavy atom. The average molecular weight is 591 g/mol. The number of benzene rings is 4. The predicted molar refractivity (Wildman–Crippen MR) is 162 cm³/mol. The quantitative estimate of drug-likeness (QED) is 0.141. The Morgan fingerprint density at radius 3 is 2.22 bits per heavy atom. The normalized spacial score (nSPS) is 11.0. The van der Waals surface area contributed by atoms with E-state index in [1.165, 1.54) is 0 Å². The molecule has 8 heteroatoms. The number of halogens is 2. The van der Waals surface area contributed by atoms with Crippen molar-refractivity contribution in [1.82, 2.24) is 4.57 Å². The maximum atomic E-state index is 11.5. The van der Waals surface area contributed by atoms with Crippen LogP contribution in [0.25, 0.3) is 10.9 Å². The Labute approximate surface area is 248 Å². The number of aliphatic carboxylic acids is 1. The van der Waals surface area contributed by atoms with E-state index in [0.717, 1.165) is 27.6 Å². The highest BCUT2D eigenvalue weighted by atomic mass is 35.5. The van der Waals surface area contributed by atoms with Crippen LogP contribution < -0.4 is 14.2 Å². The molecule has 0 fully saturated rings. The number of hydrogen-bond donors (Lipinski definition) is 1. The summed E-state index contributed by atoms with van der Waals surface area (Å²) in [5.41, 5.74) is 3.73. The lowest BCUT2D eigenvalue weighted by Crippen LogP contribution is -2.05. The summed E-state index contributed by atoms with van der Waals surface area (Å²) in [6.07, 6.45) is 2.54. The van der Waals surface area contributed by atoms with E-state index >= 15 is 0 Å². The van der Waals surface area contributed by atoms with Crippen LogP contribution in [0.2, 0.25) is 10.0 Å². The summed E-state index contributed by atoms with van der Waals surface area (Å²) in [5.74, 6) is 1.20. The Morgan fingerprint density at radius 2 is 1.49 bits per heavy atom. The van der Waals surface area contributed by atoms with Crippen LogP contribution in [0.3, 0.4) is 0 Å². The Bertz CT molecular complexity index is 1630. The molecule has 210 valence electrons. The van der Waals surface area contributed by atoms with Crippen molar-refractivity contribution in [3.8, 4) is 17.2 Å². The number of ether oxygens (including phenoxy) is 3. The second-order valence-electron chi connectivity index (χ2n) is 9.57. The number of carboxylic acid groups (broad SMARTS) is 1. The molecule has 1 heterocycles. The zero-order valence-corrected chi connectivity index (χ0v) is 23.8. The van der Waals surface area contributed by atoms with Crippen LogP contribution in [0, 0.1) is 0 Å². The van der Waals surface area contributed by atoms with Crippen molar-refractivity contribution in [2.24, 2.45) is 0 Å². The SMILES string of the molecule is O=C(O)Cc1cn(Cc2ccccc2)c2ccc(OCCCOc3cccc(OCc4ccc(Cl)cc4Cl)c3)cc12. The van der Waals surface area contributed by atoms with Gasteiger partial charge >= 0.3 is 5.97 Å². The van der Waals surface area contributed by atoms with Crippen molar-refractivity contribution in [2.75, 3.05) is 13.2 Å². The van der Waals surface area contributed by atoms with E-state index in [9.17, 15) is 9.90 Å². The second-order valence-corrected chi connectivity index (χ2v) is 10.4. The van der Waals surface area contributed by atoms with Crippen molar-refractivity contribution < 1.29 is 24.1 Å². The highest BCUT2D eigenvalue weighted by molar-refractivity contribution is 6.35. The van der Waals surface area contributed by atoms with Crippen molar-refractivity contribution >= 4 is 40.1 Å². The Hall–Kier alpha value is -4.13. The van der Waals surface area contributed by atoms with Gasteiger partial charge in [0.05, 0.1) is 19.6 Å². The fraction of sp³-hybridized carbons (Fsp3) is 0.182. The van der Waals surface area contributed by atoms with Crippen LogP contribution >= 0.6 is 23.2 Å². The number of fused-ring (bicyclic) bond motifs is 1. The molecule has 41 heavy (non-hydrogen) atoms. The standard InChI is InChI=1S/C33H29Cl2NO5/c34-26-11-10-24(31(35)17-26)22-41-28-9-4-8-27(18-28)39-14-5-15-40-29-12-13-32-30(19-29)25(16-33(37)38)21-36(32)20-23-6-2-1-3-7-23/h1-4,6-13,17-19,21H,5,14-16,20,22H2,(H,37,38). The van der Waals surface area contributed by atoms with Gasteiger partial charge in [0.2, 0.25) is 0 Å². The minimum Gasteiger partial charge on any atom is -0.493 e. The molecule has 6 nitrogen and oxygen atoms in total. The third-order valence-corrected chi connectivity index (χ3v) is 7.10. The monoisotopic (exact) mass is 589 g/mol. The lowest BCUT2D eigenvalue weighted by atomic mass is 10.1. The minimum absolute atomic E-state index is 0.0505. The number of carbonyl (C=O) groups is 1. The molecule has 5 rings (SSSR count). The fourth-order valence-corrected chi connectivity index (χ4v) is 5.01. The van der Waals surface area contributed by atoms with Crippen LogP contribution in [0.1, 0.15) is 23.1 Å². The van der Waals surface area contributed by atoms with Gasteiger partial charge in [-0.15, -0.1) is 0 Å². The molecule has 0 aliphatic heterocycles. The van der Waals surface area contributed by atoms with E-state index in [0.29, 0.717) is 60.1 Å². The minimum atomic E-state index is -0.865. The molecule has 5 aromatic rings. The molecule has 1 aromatic heterocycles. The molecule has 0 saturated carbocycles.